The van der Waals surface area contributed by atoms with Crippen LogP contribution in [0, 0.1) is 13.8 Å². The number of aryl methyl sites for hydroxylation is 2. The normalized spacial score (nSPS) is 11.4. The molecule has 3 aromatic carbocycles. The van der Waals surface area contributed by atoms with Gasteiger partial charge in [-0.25, -0.2) is 18.4 Å². The molecule has 8 heteroatoms. The fourth-order valence-electron chi connectivity index (χ4n) is 2.98. The fourth-order valence-corrected chi connectivity index (χ4v) is 4.29. The highest BCUT2D eigenvalue weighted by atomic mass is 35.5. The molecule has 4 rings (SSSR count). The Morgan fingerprint density at radius 2 is 1.53 bits per heavy atom. The molecule has 1 heterocycles. The van der Waals surface area contributed by atoms with Crippen LogP contribution < -0.4 is 10.0 Å². The van der Waals surface area contributed by atoms with E-state index in [0.717, 1.165) is 16.8 Å². The lowest BCUT2D eigenvalue weighted by atomic mass is 10.1. The zero-order chi connectivity index (χ0) is 21.3. The predicted molar refractivity (Wildman–Crippen MR) is 121 cm³/mol. The maximum absolute atomic E-state index is 13.0. The summed E-state index contributed by atoms with van der Waals surface area (Å²) in [4.78, 5) is 9.16. The smallest absolute Gasteiger partial charge is 0.263 e. The Morgan fingerprint density at radius 3 is 2.23 bits per heavy atom. The highest BCUT2D eigenvalue weighted by Gasteiger charge is 2.19. The Bertz CT molecular complexity index is 1360. The summed E-state index contributed by atoms with van der Waals surface area (Å²) in [6.45, 7) is 3.95. The van der Waals surface area contributed by atoms with Crippen LogP contribution in [0.3, 0.4) is 0 Å². The van der Waals surface area contributed by atoms with E-state index in [-0.39, 0.29) is 10.7 Å². The first-order chi connectivity index (χ1) is 14.3. The summed E-state index contributed by atoms with van der Waals surface area (Å²) in [5.41, 5.74) is 4.11. The van der Waals surface area contributed by atoms with Gasteiger partial charge < -0.3 is 5.32 Å². The number of halogens is 1. The maximum atomic E-state index is 13.0. The summed E-state index contributed by atoms with van der Waals surface area (Å²) >= 11 is 5.97. The third-order valence-electron chi connectivity index (χ3n) is 4.55. The van der Waals surface area contributed by atoms with E-state index in [1.807, 2.05) is 50.2 Å². The molecule has 0 saturated heterocycles. The molecule has 4 aromatic rings. The van der Waals surface area contributed by atoms with E-state index in [9.17, 15) is 8.42 Å². The molecule has 0 fully saturated rings. The molecule has 0 unspecified atom stereocenters. The maximum Gasteiger partial charge on any atom is 0.263 e. The van der Waals surface area contributed by atoms with Gasteiger partial charge in [-0.3, -0.25) is 4.72 Å². The van der Waals surface area contributed by atoms with Gasteiger partial charge in [-0.05, 0) is 61.4 Å². The van der Waals surface area contributed by atoms with Crippen LogP contribution in [0.2, 0.25) is 5.02 Å². The Kier molecular flexibility index (Phi) is 5.32. The minimum atomic E-state index is -3.91. The zero-order valence-corrected chi connectivity index (χ0v) is 17.9. The molecule has 0 atom stereocenters. The minimum Gasteiger partial charge on any atom is -0.337 e. The number of hydrogen-bond donors (Lipinski definition) is 2. The molecule has 0 radical (unpaired) electrons. The van der Waals surface area contributed by atoms with E-state index in [1.54, 1.807) is 18.2 Å². The molecule has 0 saturated carbocycles. The van der Waals surface area contributed by atoms with Crippen molar-refractivity contribution in [3.05, 3.63) is 82.9 Å². The molecule has 1 aromatic heterocycles. The first kappa shape index (κ1) is 20.1. The van der Waals surface area contributed by atoms with Crippen LogP contribution in [0.25, 0.3) is 11.0 Å². The summed E-state index contributed by atoms with van der Waals surface area (Å²) < 4.78 is 28.5. The lowest BCUT2D eigenvalue weighted by Gasteiger charge is -2.15. The van der Waals surface area contributed by atoms with E-state index >= 15 is 0 Å². The molecule has 0 aliphatic carbocycles. The van der Waals surface area contributed by atoms with Gasteiger partial charge in [-0.1, -0.05) is 41.9 Å². The lowest BCUT2D eigenvalue weighted by molar-refractivity contribution is 0.601. The van der Waals surface area contributed by atoms with Gasteiger partial charge >= 0.3 is 0 Å². The SMILES string of the molecule is Cc1ccc(C)c(Nc2nc3ccccc3nc2NS(=O)(=O)c2cccc(Cl)c2)c1. The Hall–Kier alpha value is -3.16. The largest absolute Gasteiger partial charge is 0.337 e. The van der Waals surface area contributed by atoms with Crippen LogP contribution in [0.15, 0.2) is 71.6 Å². The van der Waals surface area contributed by atoms with Crippen molar-refractivity contribution >= 4 is 50.0 Å². The highest BCUT2D eigenvalue weighted by Crippen LogP contribution is 2.29. The molecular weight excluding hydrogens is 420 g/mol. The average Bonchev–Trinajstić information content (AvgIpc) is 2.71. The van der Waals surface area contributed by atoms with E-state index in [4.69, 9.17) is 11.6 Å². The third-order valence-corrected chi connectivity index (χ3v) is 6.13. The first-order valence-corrected chi connectivity index (χ1v) is 11.1. The summed E-state index contributed by atoms with van der Waals surface area (Å²) in [6, 6.07) is 19.3. The van der Waals surface area contributed by atoms with Crippen LogP contribution in [0.1, 0.15) is 11.1 Å². The van der Waals surface area contributed by atoms with E-state index in [1.165, 1.54) is 12.1 Å². The summed E-state index contributed by atoms with van der Waals surface area (Å²) in [5.74, 6) is 0.419. The molecule has 152 valence electrons. The zero-order valence-electron chi connectivity index (χ0n) is 16.3. The van der Waals surface area contributed by atoms with Gasteiger partial charge in [0.05, 0.1) is 15.9 Å². The standard InChI is InChI=1S/C22H19ClN4O2S/c1-14-10-11-15(2)20(12-14)26-21-22(25-19-9-4-3-8-18(19)24-21)27-30(28,29)17-7-5-6-16(23)13-17/h3-13H,1-2H3,(H,24,26)(H,25,27). The predicted octanol–water partition coefficient (Wildman–Crippen LogP) is 5.44. The van der Waals surface area contributed by atoms with Gasteiger partial charge in [-0.2, -0.15) is 0 Å². The number of sulfonamides is 1. The van der Waals surface area contributed by atoms with Gasteiger partial charge in [0.2, 0.25) is 0 Å². The van der Waals surface area contributed by atoms with Crippen molar-refractivity contribution in [3.8, 4) is 0 Å². The van der Waals surface area contributed by atoms with E-state index < -0.39 is 10.0 Å². The fraction of sp³-hybridized carbons (Fsp3) is 0.0909. The first-order valence-electron chi connectivity index (χ1n) is 9.21. The Labute approximate surface area is 180 Å². The molecule has 0 aliphatic heterocycles. The van der Waals surface area contributed by atoms with Crippen LogP contribution in [0.4, 0.5) is 17.3 Å². The second-order valence-corrected chi connectivity index (χ2v) is 9.03. The molecule has 0 spiro atoms. The Morgan fingerprint density at radius 1 is 0.833 bits per heavy atom. The molecule has 0 amide bonds. The van der Waals surface area contributed by atoms with Crippen molar-refractivity contribution in [2.75, 3.05) is 10.0 Å². The lowest BCUT2D eigenvalue weighted by Crippen LogP contribution is -2.16. The minimum absolute atomic E-state index is 0.0441. The number of nitrogens with zero attached hydrogens (tertiary/aromatic N) is 2. The average molecular weight is 439 g/mol. The van der Waals surface area contributed by atoms with Gasteiger partial charge in [0.15, 0.2) is 11.6 Å². The molecule has 2 N–H and O–H groups in total. The molecule has 0 bridgehead atoms. The van der Waals surface area contributed by atoms with Crippen molar-refractivity contribution < 1.29 is 8.42 Å². The summed E-state index contributed by atoms with van der Waals surface area (Å²) in [7, 11) is -3.91. The molecular formula is C22H19ClN4O2S. The van der Waals surface area contributed by atoms with Crippen molar-refractivity contribution in [2.45, 2.75) is 18.7 Å². The third kappa shape index (κ3) is 4.22. The molecule has 30 heavy (non-hydrogen) atoms. The summed E-state index contributed by atoms with van der Waals surface area (Å²) in [5, 5.41) is 3.56. The van der Waals surface area contributed by atoms with Crippen LogP contribution in [-0.2, 0) is 10.0 Å². The van der Waals surface area contributed by atoms with Crippen molar-refractivity contribution in [3.63, 3.8) is 0 Å². The second-order valence-electron chi connectivity index (χ2n) is 6.92. The number of para-hydroxylation sites is 2. The quantitative estimate of drug-likeness (QED) is 0.433. The number of fused-ring (bicyclic) bond motifs is 1. The van der Waals surface area contributed by atoms with Gasteiger partial charge in [0.1, 0.15) is 0 Å². The molecule has 6 nitrogen and oxygen atoms in total. The van der Waals surface area contributed by atoms with Crippen LogP contribution in [0.5, 0.6) is 0 Å². The van der Waals surface area contributed by atoms with E-state index in [2.05, 4.69) is 20.0 Å². The van der Waals surface area contributed by atoms with E-state index in [0.29, 0.717) is 21.9 Å². The van der Waals surface area contributed by atoms with Gasteiger partial charge in [0, 0.05) is 10.7 Å². The van der Waals surface area contributed by atoms with Crippen LogP contribution in [-0.4, -0.2) is 18.4 Å². The number of aromatic nitrogens is 2. The molecule has 0 aliphatic rings. The monoisotopic (exact) mass is 438 g/mol. The van der Waals surface area contributed by atoms with Gasteiger partial charge in [0.25, 0.3) is 10.0 Å². The number of nitrogens with one attached hydrogen (secondary N) is 2. The number of rotatable bonds is 5. The number of benzene rings is 3. The number of anilines is 3. The second kappa shape index (κ2) is 7.93. The Balaban J connectivity index is 1.81. The van der Waals surface area contributed by atoms with Crippen molar-refractivity contribution in [2.24, 2.45) is 0 Å². The topological polar surface area (TPSA) is 84.0 Å². The van der Waals surface area contributed by atoms with Crippen molar-refractivity contribution in [1.82, 2.24) is 9.97 Å². The van der Waals surface area contributed by atoms with Gasteiger partial charge in [-0.15, -0.1) is 0 Å². The van der Waals surface area contributed by atoms with Crippen molar-refractivity contribution in [1.29, 1.82) is 0 Å². The highest BCUT2D eigenvalue weighted by molar-refractivity contribution is 7.92. The van der Waals surface area contributed by atoms with Crippen LogP contribution >= 0.6 is 11.6 Å². The number of hydrogen-bond acceptors (Lipinski definition) is 5. The summed E-state index contributed by atoms with van der Waals surface area (Å²) in [6.07, 6.45) is 0.